The summed E-state index contributed by atoms with van der Waals surface area (Å²) in [6, 6.07) is 18.3. The summed E-state index contributed by atoms with van der Waals surface area (Å²) in [4.78, 5) is 19.7. The molecule has 7 heteroatoms. The molecule has 2 aromatic carbocycles. The van der Waals surface area contributed by atoms with Gasteiger partial charge in [0.15, 0.2) is 5.82 Å². The third kappa shape index (κ3) is 4.44. The first-order chi connectivity index (χ1) is 16.1. The van der Waals surface area contributed by atoms with Crippen LogP contribution in [0.5, 0.6) is 0 Å². The van der Waals surface area contributed by atoms with Crippen molar-refractivity contribution in [3.8, 4) is 11.3 Å². The molecule has 1 aliphatic rings. The quantitative estimate of drug-likeness (QED) is 0.489. The molecule has 1 aliphatic heterocycles. The number of aromatic nitrogens is 3. The monoisotopic (exact) mass is 443 g/mol. The van der Waals surface area contributed by atoms with E-state index in [9.17, 15) is 9.18 Å². The average Bonchev–Trinajstić information content (AvgIpc) is 3.29. The number of benzene rings is 2. The average molecular weight is 444 g/mol. The summed E-state index contributed by atoms with van der Waals surface area (Å²) in [6.07, 6.45) is 5.10. The van der Waals surface area contributed by atoms with Crippen LogP contribution in [-0.4, -0.2) is 33.6 Å². The Bertz CT molecular complexity index is 1250. The van der Waals surface area contributed by atoms with E-state index in [4.69, 9.17) is 0 Å². The lowest BCUT2D eigenvalue weighted by Gasteiger charge is -2.32. The van der Waals surface area contributed by atoms with Crippen molar-refractivity contribution >= 4 is 17.2 Å². The van der Waals surface area contributed by atoms with Crippen LogP contribution in [0.4, 0.5) is 10.2 Å². The number of fused-ring (bicyclic) bond motifs is 1. The Morgan fingerprint density at radius 3 is 2.55 bits per heavy atom. The molecule has 1 fully saturated rings. The molecule has 0 bridgehead atoms. The summed E-state index contributed by atoms with van der Waals surface area (Å²) >= 11 is 0. The molecular weight excluding hydrogens is 417 g/mol. The van der Waals surface area contributed by atoms with Crippen molar-refractivity contribution in [1.82, 2.24) is 19.9 Å². The number of carbonyl (C=O) groups excluding carboxylic acids is 1. The van der Waals surface area contributed by atoms with Crippen molar-refractivity contribution in [1.29, 1.82) is 0 Å². The van der Waals surface area contributed by atoms with Gasteiger partial charge in [0, 0.05) is 37.0 Å². The molecule has 6 nitrogen and oxygen atoms in total. The zero-order valence-electron chi connectivity index (χ0n) is 18.5. The highest BCUT2D eigenvalue weighted by Gasteiger charge is 2.27. The predicted octanol–water partition coefficient (Wildman–Crippen LogP) is 4.63. The normalized spacial score (nSPS) is 15.5. The molecule has 33 heavy (non-hydrogen) atoms. The number of nitrogens with zero attached hydrogens (tertiary/aromatic N) is 4. The fourth-order valence-electron chi connectivity index (χ4n) is 4.42. The molecule has 0 aliphatic carbocycles. The fraction of sp³-hybridized carbons (Fsp3) is 0.269. The minimum absolute atomic E-state index is 0.00756. The number of halogens is 1. The SMILES string of the molecule is CC(NC(=O)C1CCN(c2nccn3nc(-c4ccc(F)cc4)cc23)CC1)c1ccccc1. The van der Waals surface area contributed by atoms with Crippen LogP contribution in [0, 0.1) is 11.7 Å². The van der Waals surface area contributed by atoms with Crippen LogP contribution in [0.2, 0.25) is 0 Å². The summed E-state index contributed by atoms with van der Waals surface area (Å²) in [5, 5.41) is 7.80. The number of carbonyl (C=O) groups is 1. The Morgan fingerprint density at radius 1 is 1.09 bits per heavy atom. The second-order valence-electron chi connectivity index (χ2n) is 8.52. The Labute approximate surface area is 192 Å². The van der Waals surface area contributed by atoms with Gasteiger partial charge in [0.25, 0.3) is 0 Å². The van der Waals surface area contributed by atoms with Crippen molar-refractivity contribution in [2.75, 3.05) is 18.0 Å². The van der Waals surface area contributed by atoms with E-state index in [2.05, 4.69) is 20.3 Å². The molecule has 0 spiro atoms. The van der Waals surface area contributed by atoms with Gasteiger partial charge in [-0.05, 0) is 55.7 Å². The second-order valence-corrected chi connectivity index (χ2v) is 8.52. The first-order valence-corrected chi connectivity index (χ1v) is 11.3. The van der Waals surface area contributed by atoms with Gasteiger partial charge in [0.1, 0.15) is 11.3 Å². The fourth-order valence-corrected chi connectivity index (χ4v) is 4.42. The van der Waals surface area contributed by atoms with E-state index in [1.807, 2.05) is 49.5 Å². The maximum Gasteiger partial charge on any atom is 0.223 e. The van der Waals surface area contributed by atoms with Gasteiger partial charge in [-0.2, -0.15) is 5.10 Å². The number of piperidine rings is 1. The summed E-state index contributed by atoms with van der Waals surface area (Å²) < 4.78 is 15.1. The molecule has 168 valence electrons. The number of anilines is 1. The van der Waals surface area contributed by atoms with Gasteiger partial charge >= 0.3 is 0 Å². The van der Waals surface area contributed by atoms with Gasteiger partial charge in [0.2, 0.25) is 5.91 Å². The summed E-state index contributed by atoms with van der Waals surface area (Å²) in [7, 11) is 0. The van der Waals surface area contributed by atoms with E-state index in [1.54, 1.807) is 22.8 Å². The molecule has 1 amide bonds. The van der Waals surface area contributed by atoms with Crippen LogP contribution < -0.4 is 10.2 Å². The minimum atomic E-state index is -0.269. The largest absolute Gasteiger partial charge is 0.355 e. The molecule has 4 aromatic rings. The lowest BCUT2D eigenvalue weighted by Crippen LogP contribution is -2.41. The number of hydrogen-bond donors (Lipinski definition) is 1. The molecule has 5 rings (SSSR count). The minimum Gasteiger partial charge on any atom is -0.355 e. The van der Waals surface area contributed by atoms with Crippen molar-refractivity contribution in [2.45, 2.75) is 25.8 Å². The smallest absolute Gasteiger partial charge is 0.223 e. The van der Waals surface area contributed by atoms with Crippen LogP contribution in [0.15, 0.2) is 73.1 Å². The zero-order valence-corrected chi connectivity index (χ0v) is 18.5. The van der Waals surface area contributed by atoms with Gasteiger partial charge in [-0.3, -0.25) is 4.79 Å². The molecule has 1 atom stereocenters. The maximum absolute atomic E-state index is 13.3. The topological polar surface area (TPSA) is 62.5 Å². The Balaban J connectivity index is 1.27. The number of amides is 1. The van der Waals surface area contributed by atoms with E-state index < -0.39 is 0 Å². The first-order valence-electron chi connectivity index (χ1n) is 11.3. The van der Waals surface area contributed by atoms with Crippen molar-refractivity contribution < 1.29 is 9.18 Å². The van der Waals surface area contributed by atoms with Gasteiger partial charge in [-0.25, -0.2) is 13.9 Å². The van der Waals surface area contributed by atoms with E-state index in [0.717, 1.165) is 54.1 Å². The van der Waals surface area contributed by atoms with E-state index in [0.29, 0.717) is 0 Å². The number of rotatable bonds is 5. The molecule has 0 saturated carbocycles. The standard InChI is InChI=1S/C26H26FN5O/c1-18(19-5-3-2-4-6-19)29-26(33)21-11-14-31(15-12-21)25-24-17-23(30-32(24)16-13-28-25)20-7-9-22(27)10-8-20/h2-10,13,16-18,21H,11-12,14-15H2,1H3,(H,29,33). The molecule has 3 heterocycles. The molecule has 1 unspecified atom stereocenters. The van der Waals surface area contributed by atoms with Gasteiger partial charge in [-0.1, -0.05) is 30.3 Å². The van der Waals surface area contributed by atoms with E-state index >= 15 is 0 Å². The van der Waals surface area contributed by atoms with Crippen LogP contribution in [0.25, 0.3) is 16.8 Å². The number of nitrogens with one attached hydrogen (secondary N) is 1. The summed E-state index contributed by atoms with van der Waals surface area (Å²) in [5.41, 5.74) is 3.64. The molecule has 2 aromatic heterocycles. The Hall–Kier alpha value is -3.74. The van der Waals surface area contributed by atoms with Crippen molar-refractivity contribution in [2.24, 2.45) is 5.92 Å². The lowest BCUT2D eigenvalue weighted by molar-refractivity contribution is -0.126. The van der Waals surface area contributed by atoms with E-state index in [1.165, 1.54) is 12.1 Å². The highest BCUT2D eigenvalue weighted by Crippen LogP contribution is 2.28. The highest BCUT2D eigenvalue weighted by molar-refractivity contribution is 5.80. The van der Waals surface area contributed by atoms with Crippen LogP contribution >= 0.6 is 0 Å². The van der Waals surface area contributed by atoms with Crippen LogP contribution in [-0.2, 0) is 4.79 Å². The van der Waals surface area contributed by atoms with Gasteiger partial charge in [0.05, 0.1) is 11.7 Å². The predicted molar refractivity (Wildman–Crippen MR) is 126 cm³/mol. The first kappa shape index (κ1) is 21.1. The van der Waals surface area contributed by atoms with Gasteiger partial charge < -0.3 is 10.2 Å². The molecule has 1 saturated heterocycles. The second kappa shape index (κ2) is 9.02. The van der Waals surface area contributed by atoms with Crippen molar-refractivity contribution in [3.63, 3.8) is 0 Å². The Morgan fingerprint density at radius 2 is 1.82 bits per heavy atom. The Kier molecular flexibility index (Phi) is 5.77. The third-order valence-corrected chi connectivity index (χ3v) is 6.33. The van der Waals surface area contributed by atoms with E-state index in [-0.39, 0.29) is 23.7 Å². The van der Waals surface area contributed by atoms with Crippen LogP contribution in [0.1, 0.15) is 31.4 Å². The zero-order chi connectivity index (χ0) is 22.8. The lowest BCUT2D eigenvalue weighted by atomic mass is 9.95. The van der Waals surface area contributed by atoms with Crippen molar-refractivity contribution in [3.05, 3.63) is 84.4 Å². The number of hydrogen-bond acceptors (Lipinski definition) is 4. The molecule has 0 radical (unpaired) electrons. The maximum atomic E-state index is 13.3. The van der Waals surface area contributed by atoms with Crippen LogP contribution in [0.3, 0.4) is 0 Å². The highest BCUT2D eigenvalue weighted by atomic mass is 19.1. The molecule has 1 N–H and O–H groups in total. The summed E-state index contributed by atoms with van der Waals surface area (Å²) in [5.74, 6) is 0.691. The third-order valence-electron chi connectivity index (χ3n) is 6.33. The molecular formula is C26H26FN5O. The van der Waals surface area contributed by atoms with Gasteiger partial charge in [-0.15, -0.1) is 0 Å². The summed E-state index contributed by atoms with van der Waals surface area (Å²) in [6.45, 7) is 3.52.